The molecule has 0 bridgehead atoms. The van der Waals surface area contributed by atoms with Crippen LogP contribution in [0.3, 0.4) is 0 Å². The lowest BCUT2D eigenvalue weighted by molar-refractivity contribution is 0.203. The van der Waals surface area contributed by atoms with E-state index in [0.29, 0.717) is 12.1 Å². The molecule has 0 radical (unpaired) electrons. The summed E-state index contributed by atoms with van der Waals surface area (Å²) in [5.74, 6) is 0.806. The van der Waals surface area contributed by atoms with E-state index in [1.54, 1.807) is 0 Å². The van der Waals surface area contributed by atoms with Crippen LogP contribution in [0.5, 0.6) is 0 Å². The zero-order valence-corrected chi connectivity index (χ0v) is 10.8. The lowest BCUT2D eigenvalue weighted by Crippen LogP contribution is -2.41. The summed E-state index contributed by atoms with van der Waals surface area (Å²) in [5.41, 5.74) is 0. The van der Waals surface area contributed by atoms with Crippen LogP contribution in [0.4, 0.5) is 0 Å². The van der Waals surface area contributed by atoms with E-state index in [-0.39, 0.29) is 0 Å². The van der Waals surface area contributed by atoms with Crippen LogP contribution in [-0.4, -0.2) is 37.1 Å². The maximum absolute atomic E-state index is 3.51. The molecular weight excluding hydrogens is 172 g/mol. The maximum Gasteiger partial charge on any atom is 0.0192 e. The molecule has 0 aliphatic rings. The van der Waals surface area contributed by atoms with Gasteiger partial charge in [-0.3, -0.25) is 0 Å². The highest BCUT2D eigenvalue weighted by Gasteiger charge is 2.10. The Morgan fingerprint density at radius 2 is 1.64 bits per heavy atom. The Labute approximate surface area is 90.1 Å². The summed E-state index contributed by atoms with van der Waals surface area (Å²) in [6, 6.07) is 1.26. The molecule has 86 valence electrons. The van der Waals surface area contributed by atoms with Gasteiger partial charge in [-0.2, -0.15) is 0 Å². The normalized spacial score (nSPS) is 14.4. The number of hydrogen-bond acceptors (Lipinski definition) is 2. The van der Waals surface area contributed by atoms with E-state index in [0.717, 1.165) is 19.0 Å². The fourth-order valence-electron chi connectivity index (χ4n) is 1.35. The minimum atomic E-state index is 0.627. The monoisotopic (exact) mass is 200 g/mol. The first kappa shape index (κ1) is 13.9. The zero-order chi connectivity index (χ0) is 11.1. The molecule has 0 aromatic rings. The number of likely N-dealkylation sites (N-methyl/N-ethyl adjacent to an activating group) is 1. The minimum absolute atomic E-state index is 0.627. The van der Waals surface area contributed by atoms with Crippen LogP contribution in [0.2, 0.25) is 0 Å². The third-order valence-electron chi connectivity index (χ3n) is 2.85. The van der Waals surface area contributed by atoms with Gasteiger partial charge in [0, 0.05) is 18.6 Å². The SMILES string of the molecule is CC(C)CCNCC(C)N(C)C(C)C. The topological polar surface area (TPSA) is 15.3 Å². The molecule has 0 amide bonds. The summed E-state index contributed by atoms with van der Waals surface area (Å²) in [7, 11) is 2.19. The van der Waals surface area contributed by atoms with Crippen molar-refractivity contribution in [2.75, 3.05) is 20.1 Å². The Morgan fingerprint density at radius 3 is 2.07 bits per heavy atom. The van der Waals surface area contributed by atoms with Gasteiger partial charge in [-0.05, 0) is 46.7 Å². The van der Waals surface area contributed by atoms with Crippen LogP contribution in [0.15, 0.2) is 0 Å². The Hall–Kier alpha value is -0.0800. The molecule has 1 N–H and O–H groups in total. The van der Waals surface area contributed by atoms with Gasteiger partial charge in [-0.1, -0.05) is 13.8 Å². The first-order valence-corrected chi connectivity index (χ1v) is 5.87. The third-order valence-corrected chi connectivity index (χ3v) is 2.85. The van der Waals surface area contributed by atoms with Gasteiger partial charge in [-0.25, -0.2) is 0 Å². The van der Waals surface area contributed by atoms with Crippen molar-refractivity contribution in [2.45, 2.75) is 53.1 Å². The molecule has 0 aliphatic carbocycles. The predicted octanol–water partition coefficient (Wildman–Crippen LogP) is 2.35. The van der Waals surface area contributed by atoms with Crippen molar-refractivity contribution >= 4 is 0 Å². The largest absolute Gasteiger partial charge is 0.315 e. The minimum Gasteiger partial charge on any atom is -0.315 e. The van der Waals surface area contributed by atoms with Gasteiger partial charge in [0.25, 0.3) is 0 Å². The molecule has 0 heterocycles. The third kappa shape index (κ3) is 6.39. The molecule has 2 nitrogen and oxygen atoms in total. The summed E-state index contributed by atoms with van der Waals surface area (Å²) in [6.45, 7) is 13.5. The molecule has 2 heteroatoms. The second-order valence-electron chi connectivity index (χ2n) is 4.99. The van der Waals surface area contributed by atoms with Crippen molar-refractivity contribution < 1.29 is 0 Å². The van der Waals surface area contributed by atoms with Gasteiger partial charge >= 0.3 is 0 Å². The second-order valence-corrected chi connectivity index (χ2v) is 4.99. The molecular formula is C12H28N2. The Balaban J connectivity index is 3.48. The number of rotatable bonds is 7. The van der Waals surface area contributed by atoms with Gasteiger partial charge in [0.1, 0.15) is 0 Å². The molecule has 0 fully saturated rings. The average Bonchev–Trinajstić information content (AvgIpc) is 2.10. The molecule has 0 rings (SSSR count). The van der Waals surface area contributed by atoms with E-state index in [1.165, 1.54) is 6.42 Å². The summed E-state index contributed by atoms with van der Waals surface area (Å²) in [5, 5.41) is 3.51. The predicted molar refractivity (Wildman–Crippen MR) is 64.7 cm³/mol. The van der Waals surface area contributed by atoms with Crippen molar-refractivity contribution in [3.63, 3.8) is 0 Å². The average molecular weight is 200 g/mol. The van der Waals surface area contributed by atoms with Gasteiger partial charge in [0.15, 0.2) is 0 Å². The van der Waals surface area contributed by atoms with Crippen molar-refractivity contribution in [1.82, 2.24) is 10.2 Å². The fraction of sp³-hybridized carbons (Fsp3) is 1.00. The van der Waals surface area contributed by atoms with E-state index in [9.17, 15) is 0 Å². The molecule has 1 unspecified atom stereocenters. The summed E-state index contributed by atoms with van der Waals surface area (Å²) in [6.07, 6.45) is 1.28. The van der Waals surface area contributed by atoms with Gasteiger partial charge < -0.3 is 10.2 Å². The molecule has 0 saturated heterocycles. The zero-order valence-electron chi connectivity index (χ0n) is 10.8. The highest BCUT2D eigenvalue weighted by Crippen LogP contribution is 2.01. The van der Waals surface area contributed by atoms with Crippen molar-refractivity contribution in [3.05, 3.63) is 0 Å². The Bertz CT molecular complexity index is 132. The smallest absolute Gasteiger partial charge is 0.0192 e. The Kier molecular flexibility index (Phi) is 7.20. The molecule has 0 saturated carbocycles. The van der Waals surface area contributed by atoms with E-state index >= 15 is 0 Å². The van der Waals surface area contributed by atoms with Crippen LogP contribution in [0, 0.1) is 5.92 Å². The number of hydrogen-bond donors (Lipinski definition) is 1. The van der Waals surface area contributed by atoms with Crippen LogP contribution in [0.1, 0.15) is 41.0 Å². The van der Waals surface area contributed by atoms with Crippen LogP contribution < -0.4 is 5.32 Å². The van der Waals surface area contributed by atoms with Gasteiger partial charge in [0.05, 0.1) is 0 Å². The molecule has 0 aromatic carbocycles. The maximum atomic E-state index is 3.51. The second kappa shape index (κ2) is 7.24. The number of nitrogens with one attached hydrogen (secondary N) is 1. The van der Waals surface area contributed by atoms with Crippen molar-refractivity contribution in [1.29, 1.82) is 0 Å². The van der Waals surface area contributed by atoms with Crippen molar-refractivity contribution in [2.24, 2.45) is 5.92 Å². The Morgan fingerprint density at radius 1 is 1.07 bits per heavy atom. The fourth-order valence-corrected chi connectivity index (χ4v) is 1.35. The first-order valence-electron chi connectivity index (χ1n) is 5.87. The van der Waals surface area contributed by atoms with E-state index in [4.69, 9.17) is 0 Å². The lowest BCUT2D eigenvalue weighted by atomic mass is 10.1. The van der Waals surface area contributed by atoms with E-state index in [1.807, 2.05) is 0 Å². The van der Waals surface area contributed by atoms with Gasteiger partial charge in [0.2, 0.25) is 0 Å². The summed E-state index contributed by atoms with van der Waals surface area (Å²) < 4.78 is 0. The number of nitrogens with zero attached hydrogens (tertiary/aromatic N) is 1. The highest BCUT2D eigenvalue weighted by atomic mass is 15.2. The summed E-state index contributed by atoms with van der Waals surface area (Å²) >= 11 is 0. The summed E-state index contributed by atoms with van der Waals surface area (Å²) in [4.78, 5) is 2.41. The van der Waals surface area contributed by atoms with Crippen molar-refractivity contribution in [3.8, 4) is 0 Å². The molecule has 0 aliphatic heterocycles. The molecule has 1 atom stereocenters. The molecule has 0 aromatic heterocycles. The molecule has 0 spiro atoms. The highest BCUT2D eigenvalue weighted by molar-refractivity contribution is 4.69. The lowest BCUT2D eigenvalue weighted by Gasteiger charge is -2.28. The van der Waals surface area contributed by atoms with E-state index < -0.39 is 0 Å². The van der Waals surface area contributed by atoms with E-state index in [2.05, 4.69) is 51.9 Å². The van der Waals surface area contributed by atoms with Crippen LogP contribution in [-0.2, 0) is 0 Å². The quantitative estimate of drug-likeness (QED) is 0.635. The first-order chi connectivity index (χ1) is 6.45. The van der Waals surface area contributed by atoms with Gasteiger partial charge in [-0.15, -0.1) is 0 Å². The molecule has 14 heavy (non-hydrogen) atoms. The van der Waals surface area contributed by atoms with Crippen LogP contribution in [0.25, 0.3) is 0 Å². The standard InChI is InChI=1S/C12H28N2/c1-10(2)7-8-13-9-12(5)14(6)11(3)4/h10-13H,7-9H2,1-6H3. The van der Waals surface area contributed by atoms with Crippen LogP contribution >= 0.6 is 0 Å².